The predicted octanol–water partition coefficient (Wildman–Crippen LogP) is 13.6. The average molecular weight is 543 g/mol. The van der Waals surface area contributed by atoms with Crippen LogP contribution < -0.4 is 0 Å². The van der Waals surface area contributed by atoms with Crippen molar-refractivity contribution in [2.24, 2.45) is 0 Å². The molecule has 1 aromatic carbocycles. The van der Waals surface area contributed by atoms with Gasteiger partial charge in [0, 0.05) is 5.56 Å². The van der Waals surface area contributed by atoms with Gasteiger partial charge in [0.15, 0.2) is 0 Å². The summed E-state index contributed by atoms with van der Waals surface area (Å²) in [6, 6.07) is 8.37. The summed E-state index contributed by atoms with van der Waals surface area (Å²) >= 11 is 0. The van der Waals surface area contributed by atoms with Gasteiger partial charge in [-0.25, -0.2) is 0 Å². The molecule has 0 unspecified atom stereocenters. The van der Waals surface area contributed by atoms with Gasteiger partial charge in [0.1, 0.15) is 5.75 Å². The summed E-state index contributed by atoms with van der Waals surface area (Å²) in [6.45, 7) is 6.91. The first-order valence-corrected chi connectivity index (χ1v) is 18.0. The summed E-state index contributed by atoms with van der Waals surface area (Å²) in [5.41, 5.74) is 1.42. The Morgan fingerprint density at radius 2 is 0.692 bits per heavy atom. The number of hydrogen-bond donors (Lipinski definition) is 1. The van der Waals surface area contributed by atoms with Crippen LogP contribution in [0, 0.1) is 0 Å². The van der Waals surface area contributed by atoms with Crippen LogP contribution in [-0.4, -0.2) is 5.11 Å². The molecule has 0 aliphatic rings. The first-order valence-electron chi connectivity index (χ1n) is 18.0. The molecule has 228 valence electrons. The van der Waals surface area contributed by atoms with Gasteiger partial charge in [-0.05, 0) is 30.7 Å². The van der Waals surface area contributed by atoms with Crippen LogP contribution in [-0.2, 0) is 5.41 Å². The highest BCUT2D eigenvalue weighted by molar-refractivity contribution is 5.38. The number of rotatable bonds is 29. The van der Waals surface area contributed by atoms with Crippen molar-refractivity contribution < 1.29 is 5.11 Å². The van der Waals surface area contributed by atoms with E-state index in [1.54, 1.807) is 0 Å². The van der Waals surface area contributed by atoms with E-state index in [4.69, 9.17) is 0 Å². The number of phenolic OH excluding ortho intramolecular Hbond substituents is 1. The maximum atomic E-state index is 11.0. The molecule has 0 bridgehead atoms. The molecule has 0 aliphatic carbocycles. The highest BCUT2D eigenvalue weighted by Gasteiger charge is 2.33. The minimum atomic E-state index is 0.165. The average Bonchev–Trinajstić information content (AvgIpc) is 2.95. The molecule has 0 aliphatic heterocycles. The molecule has 0 heterocycles. The maximum absolute atomic E-state index is 11.0. The minimum absolute atomic E-state index is 0.165. The van der Waals surface area contributed by atoms with Gasteiger partial charge in [0.25, 0.3) is 0 Å². The molecular formula is C38H70O. The zero-order valence-electron chi connectivity index (χ0n) is 27.1. The van der Waals surface area contributed by atoms with Crippen molar-refractivity contribution in [1.29, 1.82) is 0 Å². The summed E-state index contributed by atoms with van der Waals surface area (Å²) in [5, 5.41) is 11.0. The molecule has 1 N–H and O–H groups in total. The Kier molecular flexibility index (Phi) is 24.0. The Balaban J connectivity index is 2.63. The second kappa shape index (κ2) is 26.0. The fourth-order valence-corrected chi connectivity index (χ4v) is 6.67. The van der Waals surface area contributed by atoms with E-state index in [0.29, 0.717) is 5.75 Å². The summed E-state index contributed by atoms with van der Waals surface area (Å²) < 4.78 is 0. The van der Waals surface area contributed by atoms with Crippen LogP contribution in [0.25, 0.3) is 0 Å². The number of unbranched alkanes of at least 4 members (excludes halogenated alkanes) is 22. The fourth-order valence-electron chi connectivity index (χ4n) is 6.67. The smallest absolute Gasteiger partial charge is 0.119 e. The molecule has 0 radical (unpaired) electrons. The highest BCUT2D eigenvalue weighted by atomic mass is 16.3. The van der Waals surface area contributed by atoms with Crippen molar-refractivity contribution in [3.05, 3.63) is 29.8 Å². The normalized spacial score (nSPS) is 11.9. The van der Waals surface area contributed by atoms with Crippen LogP contribution in [0.4, 0.5) is 0 Å². The number of benzene rings is 1. The summed E-state index contributed by atoms with van der Waals surface area (Å²) in [4.78, 5) is 0. The third kappa shape index (κ3) is 18.1. The summed E-state index contributed by atoms with van der Waals surface area (Å²) in [7, 11) is 0. The van der Waals surface area contributed by atoms with Gasteiger partial charge in [-0.1, -0.05) is 199 Å². The Morgan fingerprint density at radius 3 is 1.00 bits per heavy atom. The van der Waals surface area contributed by atoms with E-state index in [1.165, 1.54) is 185 Å². The predicted molar refractivity (Wildman–Crippen MR) is 176 cm³/mol. The maximum Gasteiger partial charge on any atom is 0.119 e. The van der Waals surface area contributed by atoms with Crippen molar-refractivity contribution in [3.63, 3.8) is 0 Å². The zero-order chi connectivity index (χ0) is 28.3. The van der Waals surface area contributed by atoms with Crippen LogP contribution in [0.5, 0.6) is 5.75 Å². The van der Waals surface area contributed by atoms with E-state index in [1.807, 2.05) is 12.1 Å². The lowest BCUT2D eigenvalue weighted by Crippen LogP contribution is -2.27. The molecule has 39 heavy (non-hydrogen) atoms. The molecule has 1 nitrogen and oxygen atoms in total. The van der Waals surface area contributed by atoms with E-state index in [9.17, 15) is 5.11 Å². The number of aromatic hydroxyl groups is 1. The molecule has 1 aromatic rings. The van der Waals surface area contributed by atoms with Gasteiger partial charge in [-0.2, -0.15) is 0 Å². The van der Waals surface area contributed by atoms with E-state index in [0.717, 1.165) is 0 Å². The van der Waals surface area contributed by atoms with E-state index >= 15 is 0 Å². The van der Waals surface area contributed by atoms with Crippen molar-refractivity contribution in [3.8, 4) is 5.75 Å². The van der Waals surface area contributed by atoms with Gasteiger partial charge >= 0.3 is 0 Å². The van der Waals surface area contributed by atoms with Gasteiger partial charge in [-0.3, -0.25) is 0 Å². The molecule has 0 fully saturated rings. The molecule has 1 rings (SSSR count). The Labute approximate surface area is 246 Å². The minimum Gasteiger partial charge on any atom is -0.508 e. The quantitative estimate of drug-likeness (QED) is 0.0998. The second-order valence-corrected chi connectivity index (χ2v) is 12.8. The number of para-hydroxylation sites is 1. The monoisotopic (exact) mass is 543 g/mol. The van der Waals surface area contributed by atoms with Crippen LogP contribution in [0.2, 0.25) is 0 Å². The standard InChI is InChI=1S/C38H70O/c1-4-7-10-13-15-17-19-21-24-29-34-38(33-28-23-12-9-6-3,36-31-26-27-32-37(36)39)35-30-25-22-20-18-16-14-11-8-5-2/h26-27,31-32,39H,4-25,28-30,33-35H2,1-3H3. The highest BCUT2D eigenvalue weighted by Crippen LogP contribution is 2.44. The third-order valence-electron chi connectivity index (χ3n) is 9.25. The van der Waals surface area contributed by atoms with Gasteiger partial charge in [0.05, 0.1) is 0 Å². The molecule has 0 aromatic heterocycles. The molecule has 0 saturated carbocycles. The molecule has 0 amide bonds. The lowest BCUT2D eigenvalue weighted by molar-refractivity contribution is 0.289. The largest absolute Gasteiger partial charge is 0.508 e. The van der Waals surface area contributed by atoms with Gasteiger partial charge < -0.3 is 5.11 Å². The Bertz CT molecular complexity index is 611. The van der Waals surface area contributed by atoms with Crippen LogP contribution in [0.3, 0.4) is 0 Å². The third-order valence-corrected chi connectivity index (χ3v) is 9.25. The van der Waals surface area contributed by atoms with Crippen molar-refractivity contribution in [2.75, 3.05) is 0 Å². The van der Waals surface area contributed by atoms with Crippen molar-refractivity contribution in [2.45, 2.75) is 206 Å². The lowest BCUT2D eigenvalue weighted by atomic mass is 9.69. The number of hydrogen-bond acceptors (Lipinski definition) is 1. The van der Waals surface area contributed by atoms with E-state index < -0.39 is 0 Å². The fraction of sp³-hybridized carbons (Fsp3) is 0.842. The Hall–Kier alpha value is -0.980. The van der Waals surface area contributed by atoms with E-state index in [-0.39, 0.29) is 5.41 Å². The second-order valence-electron chi connectivity index (χ2n) is 12.8. The van der Waals surface area contributed by atoms with Crippen LogP contribution in [0.15, 0.2) is 24.3 Å². The molecular weight excluding hydrogens is 472 g/mol. The molecule has 0 spiro atoms. The van der Waals surface area contributed by atoms with Crippen LogP contribution >= 0.6 is 0 Å². The SMILES string of the molecule is CCCCCCCCCCCCC(CCCCCCC)(CCCCCCCCCCCC)c1ccccc1O. The first kappa shape index (κ1) is 36.0. The molecule has 1 heteroatoms. The summed E-state index contributed by atoms with van der Waals surface area (Å²) in [6.07, 6.45) is 38.3. The van der Waals surface area contributed by atoms with E-state index in [2.05, 4.69) is 32.9 Å². The lowest BCUT2D eigenvalue weighted by Gasteiger charge is -2.36. The van der Waals surface area contributed by atoms with Gasteiger partial charge in [0.2, 0.25) is 0 Å². The van der Waals surface area contributed by atoms with Gasteiger partial charge in [-0.15, -0.1) is 0 Å². The van der Waals surface area contributed by atoms with Crippen molar-refractivity contribution in [1.82, 2.24) is 0 Å². The molecule has 0 saturated heterocycles. The summed E-state index contributed by atoms with van der Waals surface area (Å²) in [5.74, 6) is 0.546. The number of phenols is 1. The Morgan fingerprint density at radius 1 is 0.410 bits per heavy atom. The van der Waals surface area contributed by atoms with Crippen molar-refractivity contribution >= 4 is 0 Å². The molecule has 0 atom stereocenters. The topological polar surface area (TPSA) is 20.2 Å². The van der Waals surface area contributed by atoms with Crippen LogP contribution in [0.1, 0.15) is 206 Å². The zero-order valence-corrected chi connectivity index (χ0v) is 27.1. The first-order chi connectivity index (χ1) is 19.2.